The number of hydrogen-bond donors (Lipinski definition) is 2. The van der Waals surface area contributed by atoms with Crippen LogP contribution in [-0.4, -0.2) is 23.8 Å². The number of carbonyl (C=O) groups excluding carboxylic acids is 1. The number of rotatable bonds is 10. The highest BCUT2D eigenvalue weighted by Gasteiger charge is 2.39. The lowest BCUT2D eigenvalue weighted by molar-refractivity contribution is -0.136. The molecule has 4 aromatic carbocycles. The Morgan fingerprint density at radius 2 is 1.55 bits per heavy atom. The van der Waals surface area contributed by atoms with E-state index in [1.54, 1.807) is 48.5 Å². The molecule has 0 saturated heterocycles. The number of ether oxygens (including phenoxy) is 2. The maximum Gasteiger partial charge on any atom is 0.281 e. The Labute approximate surface area is 236 Å². The third kappa shape index (κ3) is 6.23. The minimum atomic E-state index is -1.90. The number of aryl methyl sites for hydroxylation is 1. The first kappa shape index (κ1) is 27.3. The van der Waals surface area contributed by atoms with E-state index in [-0.39, 0.29) is 0 Å². The second kappa shape index (κ2) is 12.7. The maximum absolute atomic E-state index is 13.3. The quantitative estimate of drug-likeness (QED) is 0.130. The van der Waals surface area contributed by atoms with E-state index in [1.165, 1.54) is 6.21 Å². The molecular weight excluding hydrogens is 591 g/mol. The van der Waals surface area contributed by atoms with Crippen LogP contribution in [0.15, 0.2) is 102 Å². The molecule has 0 fully saturated rings. The molecule has 4 aromatic rings. The van der Waals surface area contributed by atoms with Crippen molar-refractivity contribution < 1.29 is 19.4 Å². The first-order valence-corrected chi connectivity index (χ1v) is 13.3. The van der Waals surface area contributed by atoms with E-state index in [0.29, 0.717) is 41.4 Å². The summed E-state index contributed by atoms with van der Waals surface area (Å²) in [6.45, 7) is 4.85. The van der Waals surface area contributed by atoms with Gasteiger partial charge in [0.25, 0.3) is 5.91 Å². The van der Waals surface area contributed by atoms with Crippen molar-refractivity contribution >= 4 is 34.7 Å². The van der Waals surface area contributed by atoms with Crippen molar-refractivity contribution in [2.45, 2.75) is 26.1 Å². The molecule has 0 unspecified atom stereocenters. The van der Waals surface area contributed by atoms with Gasteiger partial charge >= 0.3 is 0 Å². The number of carbonyl (C=O) groups is 1. The Bertz CT molecular complexity index is 1370. The van der Waals surface area contributed by atoms with Gasteiger partial charge in [0.15, 0.2) is 17.1 Å². The summed E-state index contributed by atoms with van der Waals surface area (Å²) in [4.78, 5) is 13.3. The zero-order valence-electron chi connectivity index (χ0n) is 21.2. The summed E-state index contributed by atoms with van der Waals surface area (Å²) < 4.78 is 12.9. The molecule has 194 valence electrons. The fourth-order valence-electron chi connectivity index (χ4n) is 4.02. The molecule has 4 rings (SSSR count). The van der Waals surface area contributed by atoms with Crippen LogP contribution >= 0.6 is 22.6 Å². The smallest absolute Gasteiger partial charge is 0.281 e. The number of benzene rings is 4. The average molecular weight is 620 g/mol. The van der Waals surface area contributed by atoms with Crippen molar-refractivity contribution in [1.82, 2.24) is 5.43 Å². The molecule has 0 bridgehead atoms. The lowest BCUT2D eigenvalue weighted by atomic mass is 9.85. The molecule has 0 aromatic heterocycles. The highest BCUT2D eigenvalue weighted by molar-refractivity contribution is 14.1. The predicted octanol–water partition coefficient (Wildman–Crippen LogP) is 5.96. The van der Waals surface area contributed by atoms with Gasteiger partial charge in [0.05, 0.1) is 16.4 Å². The first-order valence-electron chi connectivity index (χ1n) is 12.2. The van der Waals surface area contributed by atoms with Crippen molar-refractivity contribution in [2.24, 2.45) is 5.10 Å². The molecule has 38 heavy (non-hydrogen) atoms. The maximum atomic E-state index is 13.3. The van der Waals surface area contributed by atoms with Crippen molar-refractivity contribution in [1.29, 1.82) is 0 Å². The van der Waals surface area contributed by atoms with Gasteiger partial charge in [-0.2, -0.15) is 5.10 Å². The van der Waals surface area contributed by atoms with Gasteiger partial charge in [0.2, 0.25) is 0 Å². The molecule has 7 heteroatoms. The van der Waals surface area contributed by atoms with Crippen LogP contribution in [0.3, 0.4) is 0 Å². The van der Waals surface area contributed by atoms with E-state index in [9.17, 15) is 9.90 Å². The van der Waals surface area contributed by atoms with Crippen LogP contribution in [0.2, 0.25) is 0 Å². The van der Waals surface area contributed by atoms with Gasteiger partial charge in [0, 0.05) is 0 Å². The summed E-state index contributed by atoms with van der Waals surface area (Å²) in [5.74, 6) is 0.578. The van der Waals surface area contributed by atoms with Gasteiger partial charge < -0.3 is 14.6 Å². The molecule has 0 heterocycles. The number of nitrogens with zero attached hydrogens (tertiary/aromatic N) is 1. The zero-order chi connectivity index (χ0) is 27.0. The topological polar surface area (TPSA) is 80.2 Å². The van der Waals surface area contributed by atoms with Crippen molar-refractivity contribution in [3.05, 3.63) is 128 Å². The summed E-state index contributed by atoms with van der Waals surface area (Å²) in [5, 5.41) is 15.7. The molecule has 6 nitrogen and oxygen atoms in total. The van der Waals surface area contributed by atoms with Crippen LogP contribution < -0.4 is 14.9 Å². The lowest BCUT2D eigenvalue weighted by Gasteiger charge is -2.27. The van der Waals surface area contributed by atoms with Crippen LogP contribution in [0.5, 0.6) is 11.5 Å². The number of hydrazone groups is 1. The Morgan fingerprint density at radius 1 is 0.947 bits per heavy atom. The van der Waals surface area contributed by atoms with Crippen LogP contribution in [-0.2, 0) is 17.0 Å². The number of hydrogen-bond acceptors (Lipinski definition) is 5. The van der Waals surface area contributed by atoms with E-state index in [0.717, 1.165) is 14.7 Å². The molecule has 0 aliphatic carbocycles. The molecular formula is C31H29IN2O4. The normalized spacial score (nSPS) is 11.4. The third-order valence-corrected chi connectivity index (χ3v) is 6.86. The van der Waals surface area contributed by atoms with Crippen molar-refractivity contribution in [3.63, 3.8) is 0 Å². The molecule has 0 spiro atoms. The lowest BCUT2D eigenvalue weighted by Crippen LogP contribution is -2.43. The molecule has 2 N–H and O–H groups in total. The fraction of sp³-hybridized carbons (Fsp3) is 0.161. The molecule has 0 radical (unpaired) electrons. The Morgan fingerprint density at radius 3 is 2.16 bits per heavy atom. The predicted molar refractivity (Wildman–Crippen MR) is 157 cm³/mol. The summed E-state index contributed by atoms with van der Waals surface area (Å²) in [5.41, 5.74) is 4.47. The molecule has 0 atom stereocenters. The van der Waals surface area contributed by atoms with Crippen LogP contribution in [0.4, 0.5) is 0 Å². The van der Waals surface area contributed by atoms with E-state index in [2.05, 4.69) is 46.1 Å². The highest BCUT2D eigenvalue weighted by Crippen LogP contribution is 2.35. The van der Waals surface area contributed by atoms with Gasteiger partial charge in [-0.1, -0.05) is 84.9 Å². The van der Waals surface area contributed by atoms with E-state index >= 15 is 0 Å². The van der Waals surface area contributed by atoms with Gasteiger partial charge in [-0.3, -0.25) is 4.79 Å². The number of amides is 1. The summed E-state index contributed by atoms with van der Waals surface area (Å²) in [7, 11) is 0. The number of aliphatic hydroxyl groups is 1. The van der Waals surface area contributed by atoms with E-state index < -0.39 is 11.5 Å². The fourth-order valence-corrected chi connectivity index (χ4v) is 4.80. The molecule has 0 saturated carbocycles. The molecule has 1 amide bonds. The molecule has 0 aliphatic heterocycles. The van der Waals surface area contributed by atoms with Crippen LogP contribution in [0.25, 0.3) is 0 Å². The largest absolute Gasteiger partial charge is 0.490 e. The summed E-state index contributed by atoms with van der Waals surface area (Å²) in [6, 6.07) is 29.4. The van der Waals surface area contributed by atoms with Gasteiger partial charge in [0.1, 0.15) is 6.61 Å². The van der Waals surface area contributed by atoms with Gasteiger partial charge in [-0.25, -0.2) is 5.43 Å². The van der Waals surface area contributed by atoms with Crippen LogP contribution in [0, 0.1) is 10.5 Å². The third-order valence-electron chi connectivity index (χ3n) is 6.06. The SMILES string of the molecule is CCOc1cc(/C=N\NC(=O)C(O)(c2ccccc2)c2ccccc2)cc(I)c1OCc1ccccc1C. The van der Waals surface area contributed by atoms with Gasteiger partial charge in [-0.05, 0) is 76.4 Å². The van der Waals surface area contributed by atoms with Crippen molar-refractivity contribution in [3.8, 4) is 11.5 Å². The molecule has 0 aliphatic rings. The van der Waals surface area contributed by atoms with Crippen molar-refractivity contribution in [2.75, 3.05) is 6.61 Å². The Kier molecular flexibility index (Phi) is 9.15. The minimum Gasteiger partial charge on any atom is -0.490 e. The minimum absolute atomic E-state index is 0.420. The zero-order valence-corrected chi connectivity index (χ0v) is 23.4. The van der Waals surface area contributed by atoms with E-state index in [1.807, 2.05) is 49.4 Å². The first-order chi connectivity index (χ1) is 18.4. The standard InChI is InChI=1S/C31H29IN2O4/c1-3-37-28-19-23(18-27(32)29(28)38-21-24-13-11-10-12-22(24)2)20-33-34-30(35)31(36,25-14-6-4-7-15-25)26-16-8-5-9-17-26/h4-20,36H,3,21H2,1-2H3,(H,34,35)/b33-20-. The second-order valence-electron chi connectivity index (χ2n) is 8.62. The Balaban J connectivity index is 1.55. The van der Waals surface area contributed by atoms with Crippen LogP contribution in [0.1, 0.15) is 34.7 Å². The summed E-state index contributed by atoms with van der Waals surface area (Å²) >= 11 is 2.20. The number of nitrogens with one attached hydrogen (secondary N) is 1. The average Bonchev–Trinajstić information content (AvgIpc) is 2.94. The Hall–Kier alpha value is -3.69. The van der Waals surface area contributed by atoms with Gasteiger partial charge in [-0.15, -0.1) is 0 Å². The summed E-state index contributed by atoms with van der Waals surface area (Å²) in [6.07, 6.45) is 1.52. The second-order valence-corrected chi connectivity index (χ2v) is 9.78. The highest BCUT2D eigenvalue weighted by atomic mass is 127. The number of halogens is 1. The monoisotopic (exact) mass is 620 g/mol. The van der Waals surface area contributed by atoms with E-state index in [4.69, 9.17) is 9.47 Å².